The Labute approximate surface area is 118 Å². The van der Waals surface area contributed by atoms with Gasteiger partial charge in [-0.3, -0.25) is 4.68 Å². The number of hydrogen-bond acceptors (Lipinski definition) is 4. The maximum Gasteiger partial charge on any atom is 0.336 e. The van der Waals surface area contributed by atoms with Crippen LogP contribution in [0.25, 0.3) is 0 Å². The monoisotopic (exact) mass is 324 g/mol. The van der Waals surface area contributed by atoms with Crippen LogP contribution in [0.1, 0.15) is 16.2 Å². The number of carbonyl (C=O) groups is 1. The first kappa shape index (κ1) is 13.5. The molecule has 0 amide bonds. The molecule has 0 unspecified atom stereocenters. The molecule has 0 saturated carbocycles. The molecule has 0 aliphatic rings. The van der Waals surface area contributed by atoms with Gasteiger partial charge in [0, 0.05) is 30.2 Å². The summed E-state index contributed by atoms with van der Waals surface area (Å²) < 4.78 is 2.22. The van der Waals surface area contributed by atoms with Gasteiger partial charge in [-0.25, -0.2) is 9.78 Å². The highest BCUT2D eigenvalue weighted by molar-refractivity contribution is 9.10. The number of aryl methyl sites for hydroxylation is 1. The first-order valence-electron chi connectivity index (χ1n) is 5.67. The van der Waals surface area contributed by atoms with E-state index in [9.17, 15) is 4.79 Å². The van der Waals surface area contributed by atoms with Gasteiger partial charge in [0.25, 0.3) is 0 Å². The van der Waals surface area contributed by atoms with Crippen LogP contribution in [0.5, 0.6) is 0 Å². The Morgan fingerprint density at radius 2 is 2.32 bits per heavy atom. The Balaban J connectivity index is 1.93. The number of carboxylic acids is 1. The van der Waals surface area contributed by atoms with E-state index >= 15 is 0 Å². The topological polar surface area (TPSA) is 80.0 Å². The molecule has 7 heteroatoms. The second-order valence-electron chi connectivity index (χ2n) is 4.01. The molecular weight excluding hydrogens is 312 g/mol. The molecule has 19 heavy (non-hydrogen) atoms. The van der Waals surface area contributed by atoms with Crippen LogP contribution in [0.4, 0.5) is 5.69 Å². The van der Waals surface area contributed by atoms with Gasteiger partial charge in [0.2, 0.25) is 0 Å². The largest absolute Gasteiger partial charge is 0.478 e. The van der Waals surface area contributed by atoms with Gasteiger partial charge in [0.05, 0.1) is 5.56 Å². The number of anilines is 1. The summed E-state index contributed by atoms with van der Waals surface area (Å²) in [6.45, 7) is 0.683. The quantitative estimate of drug-likeness (QED) is 0.878. The number of rotatable bonds is 5. The molecule has 2 N–H and O–H groups in total. The minimum atomic E-state index is -0.948. The van der Waals surface area contributed by atoms with E-state index in [1.165, 1.54) is 0 Å². The highest BCUT2D eigenvalue weighted by atomic mass is 79.9. The number of aromatic carboxylic acids is 1. The molecule has 0 aliphatic heterocycles. The summed E-state index contributed by atoms with van der Waals surface area (Å²) in [6.07, 6.45) is 2.37. The van der Waals surface area contributed by atoms with Gasteiger partial charge in [0.15, 0.2) is 5.82 Å². The number of hydrogen-bond donors (Lipinski definition) is 2. The minimum Gasteiger partial charge on any atom is -0.478 e. The van der Waals surface area contributed by atoms with E-state index in [1.54, 1.807) is 29.2 Å². The number of aromatic nitrogens is 3. The molecule has 1 aromatic carbocycles. The van der Waals surface area contributed by atoms with Gasteiger partial charge < -0.3 is 10.4 Å². The van der Waals surface area contributed by atoms with Crippen molar-refractivity contribution in [2.75, 3.05) is 11.9 Å². The van der Waals surface area contributed by atoms with Crippen molar-refractivity contribution in [3.05, 3.63) is 40.4 Å². The third-order valence-electron chi connectivity index (χ3n) is 2.52. The Bertz CT molecular complexity index is 597. The Kier molecular flexibility index (Phi) is 4.16. The fraction of sp³-hybridized carbons (Fsp3) is 0.250. The van der Waals surface area contributed by atoms with Crippen LogP contribution in [-0.4, -0.2) is 32.4 Å². The summed E-state index contributed by atoms with van der Waals surface area (Å²) in [5.41, 5.74) is 1.10. The Morgan fingerprint density at radius 1 is 1.53 bits per heavy atom. The molecule has 1 heterocycles. The normalized spacial score (nSPS) is 10.4. The van der Waals surface area contributed by atoms with E-state index in [2.05, 4.69) is 31.3 Å². The van der Waals surface area contributed by atoms with Crippen LogP contribution >= 0.6 is 15.9 Å². The summed E-state index contributed by atoms with van der Waals surface area (Å²) in [4.78, 5) is 15.0. The van der Waals surface area contributed by atoms with Crippen LogP contribution in [0.2, 0.25) is 0 Å². The lowest BCUT2D eigenvalue weighted by Gasteiger charge is -2.07. The summed E-state index contributed by atoms with van der Waals surface area (Å²) in [5, 5.41) is 16.3. The van der Waals surface area contributed by atoms with Crippen LogP contribution in [0.15, 0.2) is 29.0 Å². The zero-order valence-corrected chi connectivity index (χ0v) is 11.9. The highest BCUT2D eigenvalue weighted by Crippen LogP contribution is 2.21. The van der Waals surface area contributed by atoms with E-state index < -0.39 is 5.97 Å². The molecule has 0 atom stereocenters. The van der Waals surface area contributed by atoms with Crippen molar-refractivity contribution in [1.29, 1.82) is 0 Å². The van der Waals surface area contributed by atoms with Crippen LogP contribution in [0.3, 0.4) is 0 Å². The van der Waals surface area contributed by atoms with Gasteiger partial charge in [0.1, 0.15) is 6.33 Å². The molecule has 100 valence electrons. The van der Waals surface area contributed by atoms with E-state index in [0.29, 0.717) is 17.4 Å². The van der Waals surface area contributed by atoms with E-state index in [1.807, 2.05) is 7.05 Å². The van der Waals surface area contributed by atoms with Crippen molar-refractivity contribution in [2.24, 2.45) is 7.05 Å². The number of benzene rings is 1. The van der Waals surface area contributed by atoms with Crippen molar-refractivity contribution in [1.82, 2.24) is 14.8 Å². The average Bonchev–Trinajstić information content (AvgIpc) is 2.75. The van der Waals surface area contributed by atoms with Gasteiger partial charge in [-0.15, -0.1) is 0 Å². The Morgan fingerprint density at radius 3 is 2.89 bits per heavy atom. The lowest BCUT2D eigenvalue weighted by molar-refractivity contribution is 0.0696. The molecule has 2 rings (SSSR count). The predicted molar refractivity (Wildman–Crippen MR) is 74.3 cm³/mol. The predicted octanol–water partition coefficient (Wildman–Crippen LogP) is 1.93. The van der Waals surface area contributed by atoms with E-state index in [-0.39, 0.29) is 5.56 Å². The molecule has 0 saturated heterocycles. The summed E-state index contributed by atoms with van der Waals surface area (Å²) in [5.74, 6) is -0.174. The third-order valence-corrected chi connectivity index (χ3v) is 3.18. The van der Waals surface area contributed by atoms with Gasteiger partial charge in [-0.2, -0.15) is 5.10 Å². The number of carboxylic acid groups (broad SMARTS) is 1. The second kappa shape index (κ2) is 5.83. The van der Waals surface area contributed by atoms with Crippen LogP contribution < -0.4 is 5.32 Å². The molecule has 1 aromatic heterocycles. The minimum absolute atomic E-state index is 0.247. The van der Waals surface area contributed by atoms with Gasteiger partial charge in [-0.05, 0) is 34.1 Å². The van der Waals surface area contributed by atoms with Crippen LogP contribution in [-0.2, 0) is 13.5 Å². The first-order valence-corrected chi connectivity index (χ1v) is 6.47. The first-order chi connectivity index (χ1) is 9.06. The van der Waals surface area contributed by atoms with Gasteiger partial charge >= 0.3 is 5.97 Å². The second-order valence-corrected chi connectivity index (χ2v) is 4.87. The number of nitrogens with one attached hydrogen (secondary N) is 1. The molecule has 0 fully saturated rings. The summed E-state index contributed by atoms with van der Waals surface area (Å²) in [6, 6.07) is 5.04. The SMILES string of the molecule is Cn1cnc(CCNc2ccc(C(=O)O)c(Br)c2)n1. The lowest BCUT2D eigenvalue weighted by atomic mass is 10.2. The fourth-order valence-corrected chi connectivity index (χ4v) is 2.16. The van der Waals surface area contributed by atoms with Crippen LogP contribution in [0, 0.1) is 0 Å². The summed E-state index contributed by atoms with van der Waals surface area (Å²) in [7, 11) is 1.83. The fourth-order valence-electron chi connectivity index (χ4n) is 1.62. The smallest absolute Gasteiger partial charge is 0.336 e. The van der Waals surface area contributed by atoms with Gasteiger partial charge in [-0.1, -0.05) is 0 Å². The lowest BCUT2D eigenvalue weighted by Crippen LogP contribution is -2.07. The zero-order chi connectivity index (χ0) is 13.8. The third kappa shape index (κ3) is 3.54. The highest BCUT2D eigenvalue weighted by Gasteiger charge is 2.08. The molecule has 0 radical (unpaired) electrons. The Hall–Kier alpha value is -1.89. The molecule has 0 bridgehead atoms. The number of halogens is 1. The maximum absolute atomic E-state index is 10.9. The van der Waals surface area contributed by atoms with E-state index in [0.717, 1.165) is 11.5 Å². The van der Waals surface area contributed by atoms with Crippen molar-refractivity contribution >= 4 is 27.6 Å². The standard InChI is InChI=1S/C12H13BrN4O2/c1-17-7-15-11(16-17)4-5-14-8-2-3-9(12(18)19)10(13)6-8/h2-3,6-7,14H,4-5H2,1H3,(H,18,19). The molecular formula is C12H13BrN4O2. The zero-order valence-electron chi connectivity index (χ0n) is 10.3. The van der Waals surface area contributed by atoms with E-state index in [4.69, 9.17) is 5.11 Å². The maximum atomic E-state index is 10.9. The van der Waals surface area contributed by atoms with Crippen molar-refractivity contribution in [3.8, 4) is 0 Å². The van der Waals surface area contributed by atoms with Crippen molar-refractivity contribution in [3.63, 3.8) is 0 Å². The molecule has 2 aromatic rings. The van der Waals surface area contributed by atoms with Crippen molar-refractivity contribution < 1.29 is 9.90 Å². The molecule has 0 spiro atoms. The number of nitrogens with zero attached hydrogens (tertiary/aromatic N) is 3. The molecule has 6 nitrogen and oxygen atoms in total. The van der Waals surface area contributed by atoms with Crippen molar-refractivity contribution in [2.45, 2.75) is 6.42 Å². The average molecular weight is 325 g/mol. The molecule has 0 aliphatic carbocycles. The summed E-state index contributed by atoms with van der Waals surface area (Å²) >= 11 is 3.24.